The summed E-state index contributed by atoms with van der Waals surface area (Å²) < 4.78 is 4.73. The summed E-state index contributed by atoms with van der Waals surface area (Å²) >= 11 is 4.74. The Balaban J connectivity index is 2.29. The Morgan fingerprint density at radius 2 is 2.09 bits per heavy atom. The Kier molecular flexibility index (Phi) is 5.42. The van der Waals surface area contributed by atoms with E-state index in [1.807, 2.05) is 30.3 Å². The van der Waals surface area contributed by atoms with Gasteiger partial charge in [0.1, 0.15) is 5.56 Å². The molecule has 0 saturated carbocycles. The zero-order chi connectivity index (χ0) is 16.8. The molecule has 0 bridgehead atoms. The van der Waals surface area contributed by atoms with Crippen LogP contribution in [0.2, 0.25) is 0 Å². The van der Waals surface area contributed by atoms with Gasteiger partial charge in [0.15, 0.2) is 10.8 Å². The van der Waals surface area contributed by atoms with Crippen molar-refractivity contribution in [3.8, 4) is 5.88 Å². The van der Waals surface area contributed by atoms with E-state index in [1.165, 1.54) is 7.11 Å². The van der Waals surface area contributed by atoms with Crippen molar-refractivity contribution in [2.75, 3.05) is 7.11 Å². The molecule has 0 radical (unpaired) electrons. The molecule has 0 aliphatic carbocycles. The SMILES string of the molecule is COC(=O)[C@@H](Cc1ccccc1)N=Cc1c(O)[nH]c(=S)[nH]c1=O. The fraction of sp³-hybridized carbons (Fsp3) is 0.200. The van der Waals surface area contributed by atoms with Crippen molar-refractivity contribution >= 4 is 24.4 Å². The minimum absolute atomic E-state index is 0.00143. The molecule has 1 aromatic heterocycles. The van der Waals surface area contributed by atoms with Crippen LogP contribution in [0.4, 0.5) is 0 Å². The zero-order valence-corrected chi connectivity index (χ0v) is 13.1. The van der Waals surface area contributed by atoms with E-state index in [0.717, 1.165) is 11.8 Å². The molecule has 120 valence electrons. The molecule has 0 spiro atoms. The lowest BCUT2D eigenvalue weighted by Gasteiger charge is -2.10. The Morgan fingerprint density at radius 3 is 2.70 bits per heavy atom. The van der Waals surface area contributed by atoms with Crippen LogP contribution in [0.3, 0.4) is 0 Å². The van der Waals surface area contributed by atoms with Gasteiger partial charge in [-0.05, 0) is 17.8 Å². The lowest BCUT2D eigenvalue weighted by molar-refractivity contribution is -0.142. The van der Waals surface area contributed by atoms with Crippen molar-refractivity contribution in [1.29, 1.82) is 0 Å². The summed E-state index contributed by atoms with van der Waals surface area (Å²) in [6, 6.07) is 8.45. The monoisotopic (exact) mass is 333 g/mol. The summed E-state index contributed by atoms with van der Waals surface area (Å²) in [5, 5.41) is 9.72. The van der Waals surface area contributed by atoms with Crippen LogP contribution in [0.25, 0.3) is 0 Å². The smallest absolute Gasteiger partial charge is 0.330 e. The number of aromatic hydroxyl groups is 1. The van der Waals surface area contributed by atoms with Crippen LogP contribution in [0, 0.1) is 4.77 Å². The lowest BCUT2D eigenvalue weighted by Crippen LogP contribution is -2.24. The first kappa shape index (κ1) is 16.6. The molecule has 2 rings (SSSR count). The van der Waals surface area contributed by atoms with E-state index in [0.29, 0.717) is 6.42 Å². The molecule has 8 heteroatoms. The van der Waals surface area contributed by atoms with Crippen molar-refractivity contribution in [3.63, 3.8) is 0 Å². The number of benzene rings is 1. The largest absolute Gasteiger partial charge is 0.494 e. The van der Waals surface area contributed by atoms with Gasteiger partial charge in [-0.15, -0.1) is 0 Å². The van der Waals surface area contributed by atoms with Crippen LogP contribution in [0.1, 0.15) is 11.1 Å². The maximum Gasteiger partial charge on any atom is 0.330 e. The van der Waals surface area contributed by atoms with E-state index in [2.05, 4.69) is 15.0 Å². The van der Waals surface area contributed by atoms with Gasteiger partial charge in [0.25, 0.3) is 5.56 Å². The average Bonchev–Trinajstić information content (AvgIpc) is 2.53. The third-order valence-electron chi connectivity index (χ3n) is 3.09. The minimum atomic E-state index is -0.829. The van der Waals surface area contributed by atoms with E-state index in [9.17, 15) is 14.7 Å². The first-order valence-corrected chi connectivity index (χ1v) is 7.12. The molecule has 0 unspecified atom stereocenters. The maximum absolute atomic E-state index is 11.9. The molecule has 7 nitrogen and oxygen atoms in total. The molecule has 1 heterocycles. The van der Waals surface area contributed by atoms with Crippen LogP contribution in [-0.4, -0.2) is 40.4 Å². The number of aromatic amines is 2. The second kappa shape index (κ2) is 7.50. The zero-order valence-electron chi connectivity index (χ0n) is 12.3. The molecule has 0 aliphatic rings. The second-order valence-electron chi connectivity index (χ2n) is 4.68. The predicted octanol–water partition coefficient (Wildman–Crippen LogP) is 1.34. The fourth-order valence-electron chi connectivity index (χ4n) is 1.94. The fourth-order valence-corrected chi connectivity index (χ4v) is 2.13. The van der Waals surface area contributed by atoms with Gasteiger partial charge in [-0.3, -0.25) is 14.8 Å². The summed E-state index contributed by atoms with van der Waals surface area (Å²) in [5.74, 6) is -0.948. The molecule has 1 aromatic carbocycles. The first-order chi connectivity index (χ1) is 11.0. The summed E-state index contributed by atoms with van der Waals surface area (Å²) in [6.45, 7) is 0. The molecular formula is C15H15N3O4S. The summed E-state index contributed by atoms with van der Waals surface area (Å²) in [4.78, 5) is 32.4. The number of nitrogens with one attached hydrogen (secondary N) is 2. The normalized spacial score (nSPS) is 12.2. The van der Waals surface area contributed by atoms with E-state index in [1.54, 1.807) is 0 Å². The van der Waals surface area contributed by atoms with Gasteiger partial charge in [-0.2, -0.15) is 0 Å². The van der Waals surface area contributed by atoms with Crippen molar-refractivity contribution in [2.24, 2.45) is 4.99 Å². The molecule has 0 saturated heterocycles. The number of hydrogen-bond donors (Lipinski definition) is 3. The standard InChI is InChI=1S/C15H15N3O4S/c1-22-14(21)11(7-9-5-3-2-4-6-9)16-8-10-12(19)17-15(23)18-13(10)20/h2-6,8,11H,7H2,1H3,(H3,17,18,19,20,23)/t11-/m1/s1. The number of rotatable bonds is 5. The Labute approximate surface area is 136 Å². The first-order valence-electron chi connectivity index (χ1n) is 6.71. The number of H-pyrrole nitrogens is 2. The number of carbonyl (C=O) groups excluding carboxylic acids is 1. The van der Waals surface area contributed by atoms with E-state index in [4.69, 9.17) is 17.0 Å². The van der Waals surface area contributed by atoms with Crippen LogP contribution in [0.5, 0.6) is 5.88 Å². The molecule has 23 heavy (non-hydrogen) atoms. The highest BCUT2D eigenvalue weighted by Crippen LogP contribution is 2.09. The molecular weight excluding hydrogens is 318 g/mol. The molecule has 3 N–H and O–H groups in total. The second-order valence-corrected chi connectivity index (χ2v) is 5.09. The highest BCUT2D eigenvalue weighted by atomic mass is 32.1. The molecule has 0 amide bonds. The summed E-state index contributed by atoms with van der Waals surface area (Å²) in [6.07, 6.45) is 1.44. The number of methoxy groups -OCH3 is 1. The third-order valence-corrected chi connectivity index (χ3v) is 3.29. The summed E-state index contributed by atoms with van der Waals surface area (Å²) in [5.41, 5.74) is 0.185. The lowest BCUT2D eigenvalue weighted by atomic mass is 10.1. The van der Waals surface area contributed by atoms with E-state index >= 15 is 0 Å². The van der Waals surface area contributed by atoms with Gasteiger partial charge in [-0.25, -0.2) is 4.79 Å². The highest BCUT2D eigenvalue weighted by molar-refractivity contribution is 7.71. The Bertz CT molecular complexity index is 827. The van der Waals surface area contributed by atoms with Gasteiger partial charge in [0.2, 0.25) is 5.88 Å². The minimum Gasteiger partial charge on any atom is -0.494 e. The number of carbonyl (C=O) groups is 1. The Morgan fingerprint density at radius 1 is 1.39 bits per heavy atom. The van der Waals surface area contributed by atoms with Crippen molar-refractivity contribution < 1.29 is 14.6 Å². The number of nitrogens with zero attached hydrogens (tertiary/aromatic N) is 1. The molecule has 0 fully saturated rings. The quantitative estimate of drug-likeness (QED) is 0.435. The maximum atomic E-state index is 11.9. The van der Waals surface area contributed by atoms with Crippen molar-refractivity contribution in [3.05, 3.63) is 56.6 Å². The van der Waals surface area contributed by atoms with Gasteiger partial charge < -0.3 is 14.8 Å². The van der Waals surface area contributed by atoms with Gasteiger partial charge in [0, 0.05) is 12.6 Å². The highest BCUT2D eigenvalue weighted by Gasteiger charge is 2.18. The van der Waals surface area contributed by atoms with Gasteiger partial charge in [-0.1, -0.05) is 30.3 Å². The van der Waals surface area contributed by atoms with E-state index in [-0.39, 0.29) is 10.3 Å². The Hall–Kier alpha value is -2.74. The number of aromatic nitrogens is 2. The molecule has 1 atom stereocenters. The van der Waals surface area contributed by atoms with Gasteiger partial charge >= 0.3 is 5.97 Å². The third kappa shape index (κ3) is 4.36. The topological polar surface area (TPSA) is 108 Å². The summed E-state index contributed by atoms with van der Waals surface area (Å²) in [7, 11) is 1.26. The average molecular weight is 333 g/mol. The van der Waals surface area contributed by atoms with Gasteiger partial charge in [0.05, 0.1) is 7.11 Å². The molecule has 2 aromatic rings. The predicted molar refractivity (Wildman–Crippen MR) is 87.5 cm³/mol. The molecule has 0 aliphatic heterocycles. The number of hydrogen-bond acceptors (Lipinski definition) is 6. The van der Waals surface area contributed by atoms with Crippen molar-refractivity contribution in [1.82, 2.24) is 9.97 Å². The van der Waals surface area contributed by atoms with Crippen molar-refractivity contribution in [2.45, 2.75) is 12.5 Å². The van der Waals surface area contributed by atoms with Crippen LogP contribution in [-0.2, 0) is 16.0 Å². The number of ether oxygens (including phenoxy) is 1. The number of esters is 1. The number of aliphatic imine (C=N–C) groups is 1. The van der Waals surface area contributed by atoms with Crippen LogP contribution in [0.15, 0.2) is 40.1 Å². The van der Waals surface area contributed by atoms with Crippen LogP contribution < -0.4 is 5.56 Å². The van der Waals surface area contributed by atoms with E-state index < -0.39 is 23.5 Å². The van der Waals surface area contributed by atoms with Crippen LogP contribution >= 0.6 is 12.2 Å².